The lowest BCUT2D eigenvalue weighted by atomic mass is 10.0. The zero-order valence-corrected chi connectivity index (χ0v) is 10.9. The van der Waals surface area contributed by atoms with Crippen molar-refractivity contribution in [3.8, 4) is 0 Å². The number of morpholine rings is 1. The highest BCUT2D eigenvalue weighted by atomic mass is 16.5. The van der Waals surface area contributed by atoms with E-state index in [9.17, 15) is 0 Å². The van der Waals surface area contributed by atoms with E-state index in [4.69, 9.17) is 4.74 Å². The Balaban J connectivity index is 1.60. The van der Waals surface area contributed by atoms with Crippen LogP contribution in [0.3, 0.4) is 0 Å². The molecule has 0 saturated carbocycles. The minimum absolute atomic E-state index is 0.393. The van der Waals surface area contributed by atoms with Crippen LogP contribution in [0.25, 0.3) is 0 Å². The molecule has 0 aliphatic carbocycles. The van der Waals surface area contributed by atoms with Gasteiger partial charge in [-0.25, -0.2) is 0 Å². The van der Waals surface area contributed by atoms with Gasteiger partial charge in [0.25, 0.3) is 0 Å². The van der Waals surface area contributed by atoms with E-state index in [2.05, 4.69) is 15.1 Å². The molecule has 0 aromatic rings. The number of fused-ring (bicyclic) bond motifs is 1. The maximum Gasteiger partial charge on any atom is 0.0826 e. The van der Waals surface area contributed by atoms with E-state index in [0.29, 0.717) is 6.10 Å². The van der Waals surface area contributed by atoms with Gasteiger partial charge in [0.15, 0.2) is 0 Å². The largest absolute Gasteiger partial charge is 0.374 e. The van der Waals surface area contributed by atoms with Crippen molar-refractivity contribution in [2.75, 3.05) is 46.4 Å². The highest BCUT2D eigenvalue weighted by Gasteiger charge is 2.41. The van der Waals surface area contributed by atoms with E-state index in [0.717, 1.165) is 38.3 Å². The average molecular weight is 239 g/mol. The van der Waals surface area contributed by atoms with Crippen molar-refractivity contribution >= 4 is 0 Å². The first-order valence-corrected chi connectivity index (χ1v) is 7.13. The molecule has 98 valence electrons. The molecule has 3 aliphatic heterocycles. The van der Waals surface area contributed by atoms with Crippen LogP contribution in [0.5, 0.6) is 0 Å². The Labute approximate surface area is 104 Å². The van der Waals surface area contributed by atoms with Crippen LogP contribution in [0.15, 0.2) is 0 Å². The van der Waals surface area contributed by atoms with Gasteiger partial charge in [-0.05, 0) is 32.9 Å². The molecule has 0 amide bonds. The van der Waals surface area contributed by atoms with Crippen LogP contribution in [-0.4, -0.2) is 74.4 Å². The Kier molecular flexibility index (Phi) is 3.66. The van der Waals surface area contributed by atoms with Crippen LogP contribution in [0, 0.1) is 0 Å². The van der Waals surface area contributed by atoms with Gasteiger partial charge in [-0.2, -0.15) is 0 Å². The second-order valence-electron chi connectivity index (χ2n) is 5.65. The van der Waals surface area contributed by atoms with E-state index in [-0.39, 0.29) is 0 Å². The maximum absolute atomic E-state index is 5.80. The Bertz CT molecular complexity index is 259. The van der Waals surface area contributed by atoms with Gasteiger partial charge in [-0.15, -0.1) is 0 Å². The van der Waals surface area contributed by atoms with Crippen molar-refractivity contribution in [3.05, 3.63) is 0 Å². The minimum atomic E-state index is 0.393. The summed E-state index contributed by atoms with van der Waals surface area (Å²) in [5.74, 6) is 0. The third kappa shape index (κ3) is 2.36. The molecular formula is C13H25N3O. The van der Waals surface area contributed by atoms with Crippen molar-refractivity contribution in [1.29, 1.82) is 0 Å². The number of ether oxygens (including phenoxy) is 1. The Morgan fingerprint density at radius 2 is 2.00 bits per heavy atom. The molecule has 4 nitrogen and oxygen atoms in total. The minimum Gasteiger partial charge on any atom is -0.374 e. The summed E-state index contributed by atoms with van der Waals surface area (Å²) in [5, 5.41) is 3.23. The van der Waals surface area contributed by atoms with E-state index in [1.54, 1.807) is 0 Å². The molecule has 3 fully saturated rings. The molecule has 17 heavy (non-hydrogen) atoms. The predicted molar refractivity (Wildman–Crippen MR) is 68.2 cm³/mol. The zero-order chi connectivity index (χ0) is 11.7. The summed E-state index contributed by atoms with van der Waals surface area (Å²) in [6.45, 7) is 6.81. The predicted octanol–water partition coefficient (Wildman–Crippen LogP) is 0.143. The molecule has 0 aromatic heterocycles. The monoisotopic (exact) mass is 239 g/mol. The van der Waals surface area contributed by atoms with Crippen molar-refractivity contribution in [3.63, 3.8) is 0 Å². The van der Waals surface area contributed by atoms with Gasteiger partial charge < -0.3 is 10.1 Å². The van der Waals surface area contributed by atoms with Crippen LogP contribution in [0.2, 0.25) is 0 Å². The average Bonchev–Trinajstić information content (AvgIpc) is 2.91. The quantitative estimate of drug-likeness (QED) is 0.758. The van der Waals surface area contributed by atoms with Crippen molar-refractivity contribution in [2.45, 2.75) is 37.5 Å². The summed E-state index contributed by atoms with van der Waals surface area (Å²) < 4.78 is 5.80. The van der Waals surface area contributed by atoms with E-state index in [1.165, 1.54) is 32.4 Å². The Hall–Kier alpha value is -0.160. The summed E-state index contributed by atoms with van der Waals surface area (Å²) in [7, 11) is 2.01. The first kappa shape index (κ1) is 11.9. The summed E-state index contributed by atoms with van der Waals surface area (Å²) in [6.07, 6.45) is 4.59. The number of hydrogen-bond acceptors (Lipinski definition) is 4. The second-order valence-corrected chi connectivity index (χ2v) is 5.65. The molecule has 3 unspecified atom stereocenters. The highest BCUT2D eigenvalue weighted by Crippen LogP contribution is 2.31. The van der Waals surface area contributed by atoms with Gasteiger partial charge in [-0.1, -0.05) is 0 Å². The van der Waals surface area contributed by atoms with Crippen molar-refractivity contribution in [1.82, 2.24) is 15.1 Å². The van der Waals surface area contributed by atoms with Gasteiger partial charge in [0.2, 0.25) is 0 Å². The molecule has 1 N–H and O–H groups in total. The molecule has 0 radical (unpaired) electrons. The van der Waals surface area contributed by atoms with Crippen LogP contribution in [0.4, 0.5) is 0 Å². The SMILES string of the molecule is CNCC1CN(C2CCN3CCCC23)CCO1. The second kappa shape index (κ2) is 5.22. The van der Waals surface area contributed by atoms with E-state index in [1.807, 2.05) is 7.05 Å². The van der Waals surface area contributed by atoms with Crippen LogP contribution < -0.4 is 5.32 Å². The van der Waals surface area contributed by atoms with Crippen molar-refractivity contribution in [2.24, 2.45) is 0 Å². The molecule has 0 bridgehead atoms. The summed E-state index contributed by atoms with van der Waals surface area (Å²) in [6, 6.07) is 1.66. The van der Waals surface area contributed by atoms with Gasteiger partial charge in [-0.3, -0.25) is 9.80 Å². The summed E-state index contributed by atoms with van der Waals surface area (Å²) in [4.78, 5) is 5.40. The molecule has 3 atom stereocenters. The van der Waals surface area contributed by atoms with E-state index >= 15 is 0 Å². The smallest absolute Gasteiger partial charge is 0.0826 e. The Morgan fingerprint density at radius 1 is 1.12 bits per heavy atom. The zero-order valence-electron chi connectivity index (χ0n) is 10.9. The van der Waals surface area contributed by atoms with Crippen LogP contribution in [-0.2, 0) is 4.74 Å². The molecular weight excluding hydrogens is 214 g/mol. The number of likely N-dealkylation sites (N-methyl/N-ethyl adjacent to an activating group) is 1. The summed E-state index contributed by atoms with van der Waals surface area (Å²) in [5.41, 5.74) is 0. The Morgan fingerprint density at radius 3 is 2.88 bits per heavy atom. The fourth-order valence-electron chi connectivity index (χ4n) is 3.88. The first-order valence-electron chi connectivity index (χ1n) is 7.13. The van der Waals surface area contributed by atoms with Gasteiger partial charge in [0, 0.05) is 38.3 Å². The molecule has 4 heteroatoms. The molecule has 3 heterocycles. The van der Waals surface area contributed by atoms with Crippen LogP contribution in [0.1, 0.15) is 19.3 Å². The fourth-order valence-corrected chi connectivity index (χ4v) is 3.88. The lowest BCUT2D eigenvalue weighted by molar-refractivity contribution is -0.0444. The molecule has 3 rings (SSSR count). The third-order valence-corrected chi connectivity index (χ3v) is 4.64. The molecule has 0 spiro atoms. The van der Waals surface area contributed by atoms with Gasteiger partial charge in [0.05, 0.1) is 12.7 Å². The highest BCUT2D eigenvalue weighted by molar-refractivity contribution is 4.97. The van der Waals surface area contributed by atoms with Crippen LogP contribution >= 0.6 is 0 Å². The van der Waals surface area contributed by atoms with Gasteiger partial charge >= 0.3 is 0 Å². The van der Waals surface area contributed by atoms with Gasteiger partial charge in [0.1, 0.15) is 0 Å². The molecule has 0 aromatic carbocycles. The standard InChI is InChI=1S/C13H25N3O/c1-14-9-11-10-16(7-8-17-11)13-4-6-15-5-2-3-12(13)15/h11-14H,2-10H2,1H3. The molecule has 3 aliphatic rings. The van der Waals surface area contributed by atoms with Crippen molar-refractivity contribution < 1.29 is 4.74 Å². The van der Waals surface area contributed by atoms with E-state index < -0.39 is 0 Å². The number of nitrogens with zero attached hydrogens (tertiary/aromatic N) is 2. The lowest BCUT2D eigenvalue weighted by Crippen LogP contribution is -2.53. The fraction of sp³-hybridized carbons (Fsp3) is 1.00. The topological polar surface area (TPSA) is 27.7 Å². The number of hydrogen-bond donors (Lipinski definition) is 1. The lowest BCUT2D eigenvalue weighted by Gasteiger charge is -2.39. The molecule has 3 saturated heterocycles. The third-order valence-electron chi connectivity index (χ3n) is 4.64. The number of rotatable bonds is 3. The first-order chi connectivity index (χ1) is 8.38. The summed E-state index contributed by atoms with van der Waals surface area (Å²) >= 11 is 0. The number of nitrogens with one attached hydrogen (secondary N) is 1. The normalized spacial score (nSPS) is 39.7. The maximum atomic E-state index is 5.80.